The number of esters is 1. The first-order valence-corrected chi connectivity index (χ1v) is 9.00. The van der Waals surface area contributed by atoms with E-state index in [0.29, 0.717) is 0 Å². The Morgan fingerprint density at radius 2 is 1.50 bits per heavy atom. The van der Waals surface area contributed by atoms with Crippen molar-refractivity contribution in [3.63, 3.8) is 0 Å². The zero-order chi connectivity index (χ0) is 18.3. The maximum atomic E-state index is 11.8. The molecule has 0 saturated carbocycles. The van der Waals surface area contributed by atoms with Crippen molar-refractivity contribution < 1.29 is 9.53 Å². The van der Waals surface area contributed by atoms with E-state index in [1.807, 2.05) is 19.2 Å². The summed E-state index contributed by atoms with van der Waals surface area (Å²) in [7, 11) is 1.97. The van der Waals surface area contributed by atoms with Crippen LogP contribution in [0.4, 0.5) is 0 Å². The van der Waals surface area contributed by atoms with Crippen molar-refractivity contribution in [3.8, 4) is 0 Å². The van der Waals surface area contributed by atoms with Crippen molar-refractivity contribution in [1.29, 1.82) is 0 Å². The summed E-state index contributed by atoms with van der Waals surface area (Å²) >= 11 is 0. The smallest absolute Gasteiger partial charge is 0.302 e. The van der Waals surface area contributed by atoms with E-state index < -0.39 is 5.41 Å². The topological polar surface area (TPSA) is 38.3 Å². The number of hydrogen-bond donors (Lipinski definition) is 1. The van der Waals surface area contributed by atoms with Gasteiger partial charge in [-0.2, -0.15) is 0 Å². The lowest BCUT2D eigenvalue weighted by molar-refractivity contribution is -0.149. The molecule has 0 heterocycles. The molecule has 0 aromatic heterocycles. The average molecular weight is 376 g/mol. The molecule has 2 atom stereocenters. The van der Waals surface area contributed by atoms with Crippen LogP contribution in [0.15, 0.2) is 60.7 Å². The van der Waals surface area contributed by atoms with E-state index in [4.69, 9.17) is 4.74 Å². The lowest BCUT2D eigenvalue weighted by Gasteiger charge is -2.42. The number of rotatable bonds is 8. The SMILES string of the molecule is CCC(OC(C)=O)C(CC(C)NC)(c1ccccc1)c1ccccc1.Cl. The lowest BCUT2D eigenvalue weighted by atomic mass is 9.66. The van der Waals surface area contributed by atoms with Crippen LogP contribution in [-0.4, -0.2) is 25.2 Å². The third kappa shape index (κ3) is 4.87. The largest absolute Gasteiger partial charge is 0.461 e. The van der Waals surface area contributed by atoms with Crippen LogP contribution in [0.3, 0.4) is 0 Å². The molecule has 142 valence electrons. The Morgan fingerprint density at radius 3 is 1.85 bits per heavy atom. The monoisotopic (exact) mass is 375 g/mol. The van der Waals surface area contributed by atoms with Gasteiger partial charge in [0.1, 0.15) is 6.10 Å². The number of hydrogen-bond acceptors (Lipinski definition) is 3. The summed E-state index contributed by atoms with van der Waals surface area (Å²) in [6.45, 7) is 5.74. The van der Waals surface area contributed by atoms with Gasteiger partial charge in [-0.25, -0.2) is 0 Å². The summed E-state index contributed by atoms with van der Waals surface area (Å²) in [5.41, 5.74) is 1.96. The van der Waals surface area contributed by atoms with Gasteiger partial charge in [0.15, 0.2) is 0 Å². The summed E-state index contributed by atoms with van der Waals surface area (Å²) < 4.78 is 5.85. The summed E-state index contributed by atoms with van der Waals surface area (Å²) in [5, 5.41) is 3.35. The summed E-state index contributed by atoms with van der Waals surface area (Å²) in [4.78, 5) is 11.8. The Bertz CT molecular complexity index is 621. The van der Waals surface area contributed by atoms with E-state index in [1.54, 1.807) is 0 Å². The number of benzene rings is 2. The number of nitrogens with one attached hydrogen (secondary N) is 1. The van der Waals surface area contributed by atoms with E-state index in [-0.39, 0.29) is 30.5 Å². The normalized spacial score (nSPS) is 13.4. The second-order valence-corrected chi connectivity index (χ2v) is 6.60. The molecule has 0 amide bonds. The molecule has 0 radical (unpaired) electrons. The molecule has 0 spiro atoms. The molecule has 4 heteroatoms. The summed E-state index contributed by atoms with van der Waals surface area (Å²) in [6.07, 6.45) is 1.36. The quantitative estimate of drug-likeness (QED) is 0.677. The number of ether oxygens (including phenoxy) is 1. The molecule has 0 fully saturated rings. The molecular weight excluding hydrogens is 346 g/mol. The zero-order valence-electron chi connectivity index (χ0n) is 16.1. The van der Waals surface area contributed by atoms with Crippen LogP contribution in [0.1, 0.15) is 44.7 Å². The maximum absolute atomic E-state index is 11.8. The standard InChI is InChI=1S/C22H29NO2.ClH/c1-5-21(25-18(3)24)22(16-17(2)23-4,19-12-8-6-9-13-19)20-14-10-7-11-15-20;/h6-15,17,21,23H,5,16H2,1-4H3;1H. The van der Waals surface area contributed by atoms with Gasteiger partial charge in [0.25, 0.3) is 0 Å². The Morgan fingerprint density at radius 1 is 1.04 bits per heavy atom. The van der Waals surface area contributed by atoms with E-state index >= 15 is 0 Å². The summed E-state index contributed by atoms with van der Waals surface area (Å²) in [5.74, 6) is -0.236. The number of halogens is 1. The van der Waals surface area contributed by atoms with Crippen molar-refractivity contribution in [2.45, 2.75) is 51.2 Å². The number of carbonyl (C=O) groups is 1. The highest BCUT2D eigenvalue weighted by Gasteiger charge is 2.44. The van der Waals surface area contributed by atoms with Gasteiger partial charge in [-0.3, -0.25) is 4.79 Å². The zero-order valence-corrected chi connectivity index (χ0v) is 16.9. The van der Waals surface area contributed by atoms with Gasteiger partial charge in [-0.05, 0) is 37.9 Å². The highest BCUT2D eigenvalue weighted by atomic mass is 35.5. The maximum Gasteiger partial charge on any atom is 0.302 e. The third-order valence-electron chi connectivity index (χ3n) is 4.93. The van der Waals surface area contributed by atoms with Crippen molar-refractivity contribution in [1.82, 2.24) is 5.32 Å². The van der Waals surface area contributed by atoms with Crippen molar-refractivity contribution in [2.75, 3.05) is 7.05 Å². The van der Waals surface area contributed by atoms with Crippen LogP contribution in [0.2, 0.25) is 0 Å². The van der Waals surface area contributed by atoms with Gasteiger partial charge in [-0.15, -0.1) is 12.4 Å². The van der Waals surface area contributed by atoms with Crippen molar-refractivity contribution in [3.05, 3.63) is 71.8 Å². The van der Waals surface area contributed by atoms with Gasteiger partial charge in [0.2, 0.25) is 0 Å². The summed E-state index contributed by atoms with van der Waals surface area (Å²) in [6, 6.07) is 21.1. The molecule has 2 aromatic rings. The minimum Gasteiger partial charge on any atom is -0.461 e. The minimum absolute atomic E-state index is 0. The molecule has 0 aliphatic rings. The second-order valence-electron chi connectivity index (χ2n) is 6.60. The first-order chi connectivity index (χ1) is 12.0. The Balaban J connectivity index is 0.00000338. The Hall–Kier alpha value is -1.84. The molecule has 2 rings (SSSR count). The Labute approximate surface area is 163 Å². The van der Waals surface area contributed by atoms with Crippen LogP contribution in [-0.2, 0) is 14.9 Å². The molecule has 3 nitrogen and oxygen atoms in total. The van der Waals surface area contributed by atoms with Crippen molar-refractivity contribution >= 4 is 18.4 Å². The van der Waals surface area contributed by atoms with Crippen LogP contribution in [0.5, 0.6) is 0 Å². The fraction of sp³-hybridized carbons (Fsp3) is 0.409. The van der Waals surface area contributed by atoms with Crippen LogP contribution in [0.25, 0.3) is 0 Å². The highest BCUT2D eigenvalue weighted by Crippen LogP contribution is 2.42. The predicted molar refractivity (Wildman–Crippen MR) is 110 cm³/mol. The highest BCUT2D eigenvalue weighted by molar-refractivity contribution is 5.85. The minimum atomic E-state index is -0.397. The van der Waals surface area contributed by atoms with E-state index in [0.717, 1.165) is 12.8 Å². The molecule has 1 N–H and O–H groups in total. The lowest BCUT2D eigenvalue weighted by Crippen LogP contribution is -2.47. The predicted octanol–water partition coefficient (Wildman–Crippen LogP) is 4.73. The van der Waals surface area contributed by atoms with Crippen LogP contribution >= 0.6 is 12.4 Å². The van der Waals surface area contributed by atoms with Gasteiger partial charge in [0.05, 0.1) is 5.41 Å². The van der Waals surface area contributed by atoms with Gasteiger partial charge in [0, 0.05) is 13.0 Å². The fourth-order valence-corrected chi connectivity index (χ4v) is 3.69. The number of carbonyl (C=O) groups excluding carboxylic acids is 1. The molecular formula is C22H30ClNO2. The molecule has 0 aliphatic carbocycles. The van der Waals surface area contributed by atoms with E-state index in [9.17, 15) is 4.79 Å². The van der Waals surface area contributed by atoms with E-state index in [2.05, 4.69) is 67.7 Å². The molecule has 26 heavy (non-hydrogen) atoms. The van der Waals surface area contributed by atoms with Crippen LogP contribution < -0.4 is 5.32 Å². The molecule has 2 aromatic carbocycles. The molecule has 0 aliphatic heterocycles. The third-order valence-corrected chi connectivity index (χ3v) is 4.93. The molecule has 2 unspecified atom stereocenters. The van der Waals surface area contributed by atoms with Gasteiger partial charge >= 0.3 is 5.97 Å². The fourth-order valence-electron chi connectivity index (χ4n) is 3.69. The average Bonchev–Trinajstić information content (AvgIpc) is 2.65. The molecule has 0 saturated heterocycles. The second kappa shape index (κ2) is 10.3. The van der Waals surface area contributed by atoms with Gasteiger partial charge < -0.3 is 10.1 Å². The van der Waals surface area contributed by atoms with Gasteiger partial charge in [-0.1, -0.05) is 67.6 Å². The van der Waals surface area contributed by atoms with E-state index in [1.165, 1.54) is 18.1 Å². The van der Waals surface area contributed by atoms with Crippen molar-refractivity contribution in [2.24, 2.45) is 0 Å². The first kappa shape index (κ1) is 22.2. The van der Waals surface area contributed by atoms with Crippen LogP contribution in [0, 0.1) is 0 Å². The first-order valence-electron chi connectivity index (χ1n) is 9.00. The molecule has 0 bridgehead atoms. The Kier molecular flexibility index (Phi) is 8.83.